The summed E-state index contributed by atoms with van der Waals surface area (Å²) in [5.74, 6) is 0.0833. The minimum atomic E-state index is -0.0538. The third-order valence-electron chi connectivity index (χ3n) is 10.2. The summed E-state index contributed by atoms with van der Waals surface area (Å²) in [7, 11) is 0. The number of fused-ring (bicyclic) bond motifs is 9. The van der Waals surface area contributed by atoms with Gasteiger partial charge in [0.2, 0.25) is 0 Å². The largest absolute Gasteiger partial charge is 0.456 e. The van der Waals surface area contributed by atoms with Gasteiger partial charge in [-0.05, 0) is 42.0 Å². The minimum Gasteiger partial charge on any atom is -0.456 e. The van der Waals surface area contributed by atoms with E-state index in [0.29, 0.717) is 11.1 Å². The molecule has 0 amide bonds. The summed E-state index contributed by atoms with van der Waals surface area (Å²) in [6.45, 7) is 0. The van der Waals surface area contributed by atoms with Crippen molar-refractivity contribution in [2.45, 2.75) is 12.0 Å². The highest BCUT2D eigenvalue weighted by atomic mass is 16.3. The van der Waals surface area contributed by atoms with Gasteiger partial charge >= 0.3 is 0 Å². The fraction of sp³-hybridized carbons (Fsp3) is 0.0455. The Morgan fingerprint density at radius 2 is 1.16 bits per heavy atom. The maximum Gasteiger partial charge on any atom is 0.137 e. The first kappa shape index (κ1) is 27.3. The Balaban J connectivity index is 1.29. The van der Waals surface area contributed by atoms with Crippen LogP contribution >= 0.6 is 0 Å². The van der Waals surface area contributed by atoms with E-state index in [9.17, 15) is 10.5 Å². The number of aromatic nitrogens is 1. The number of allylic oxidation sites excluding steroid dienone is 2. The second-order valence-corrected chi connectivity index (χ2v) is 12.7. The molecule has 2 atom stereocenters. The van der Waals surface area contributed by atoms with E-state index in [1.54, 1.807) is 0 Å². The number of anilines is 2. The lowest BCUT2D eigenvalue weighted by Gasteiger charge is -2.31. The molecule has 0 spiro atoms. The molecule has 228 valence electrons. The van der Waals surface area contributed by atoms with Crippen LogP contribution in [0.1, 0.15) is 22.6 Å². The number of nitriles is 2. The van der Waals surface area contributed by atoms with Crippen LogP contribution in [0.3, 0.4) is 0 Å². The molecule has 0 saturated heterocycles. The highest BCUT2D eigenvalue weighted by Gasteiger charge is 2.40. The molecule has 0 saturated carbocycles. The van der Waals surface area contributed by atoms with E-state index in [2.05, 4.69) is 113 Å². The molecular weight excluding hydrogens is 601 g/mol. The summed E-state index contributed by atoms with van der Waals surface area (Å²) in [4.78, 5) is 2.31. The zero-order valence-corrected chi connectivity index (χ0v) is 26.2. The van der Waals surface area contributed by atoms with Crippen LogP contribution in [0.5, 0.6) is 0 Å². The van der Waals surface area contributed by atoms with E-state index in [1.165, 1.54) is 5.56 Å². The molecule has 0 N–H and O–H groups in total. The normalized spacial score (nSPS) is 16.3. The van der Waals surface area contributed by atoms with Crippen molar-refractivity contribution in [1.29, 1.82) is 10.5 Å². The number of nitrogens with zero attached hydrogens (tertiary/aromatic N) is 4. The molecule has 0 bridgehead atoms. The van der Waals surface area contributed by atoms with Crippen LogP contribution in [0.15, 0.2) is 150 Å². The lowest BCUT2D eigenvalue weighted by molar-refractivity contribution is 0.669. The van der Waals surface area contributed by atoms with Gasteiger partial charge in [0, 0.05) is 50.3 Å². The smallest absolute Gasteiger partial charge is 0.137 e. The number of para-hydroxylation sites is 5. The third-order valence-corrected chi connectivity index (χ3v) is 10.2. The standard InChI is InChI=1S/C44H26N4O/c45-25-27-11-9-17-33(43(27)47-37-19-5-1-13-29(37)30-14-2-6-20-38(30)47)34-18-10-12-28(26-46)44(34)48-39-21-7-3-15-31(39)35-23-36-32-16-4-8-22-41(32)49-42(36)24-40(35)48/h1-24,31,39H. The van der Waals surface area contributed by atoms with Gasteiger partial charge in [-0.2, -0.15) is 10.5 Å². The molecule has 2 unspecified atom stereocenters. The number of rotatable bonds is 3. The summed E-state index contributed by atoms with van der Waals surface area (Å²) >= 11 is 0. The lowest BCUT2D eigenvalue weighted by Crippen LogP contribution is -2.29. The quantitative estimate of drug-likeness (QED) is 0.196. The van der Waals surface area contributed by atoms with Crippen molar-refractivity contribution in [2.24, 2.45) is 0 Å². The average Bonchev–Trinajstić information content (AvgIpc) is 3.80. The Morgan fingerprint density at radius 1 is 0.551 bits per heavy atom. The van der Waals surface area contributed by atoms with Gasteiger partial charge in [0.25, 0.3) is 0 Å². The van der Waals surface area contributed by atoms with Crippen molar-refractivity contribution in [3.8, 4) is 29.0 Å². The van der Waals surface area contributed by atoms with E-state index < -0.39 is 0 Å². The van der Waals surface area contributed by atoms with Crippen molar-refractivity contribution in [2.75, 3.05) is 4.90 Å². The zero-order valence-electron chi connectivity index (χ0n) is 26.2. The van der Waals surface area contributed by atoms with Crippen molar-refractivity contribution < 1.29 is 4.42 Å². The molecule has 10 rings (SSSR count). The molecule has 49 heavy (non-hydrogen) atoms. The van der Waals surface area contributed by atoms with Crippen LogP contribution in [0, 0.1) is 22.7 Å². The van der Waals surface area contributed by atoms with Crippen LogP contribution in [-0.2, 0) is 0 Å². The molecular formula is C44H26N4O. The van der Waals surface area contributed by atoms with Gasteiger partial charge in [0.15, 0.2) is 0 Å². The monoisotopic (exact) mass is 626 g/mol. The number of benzene rings is 6. The van der Waals surface area contributed by atoms with E-state index >= 15 is 0 Å². The van der Waals surface area contributed by atoms with Crippen molar-refractivity contribution >= 4 is 55.1 Å². The van der Waals surface area contributed by atoms with Crippen molar-refractivity contribution in [3.63, 3.8) is 0 Å². The summed E-state index contributed by atoms with van der Waals surface area (Å²) in [6.07, 6.45) is 8.68. The van der Waals surface area contributed by atoms with Gasteiger partial charge in [0.05, 0.1) is 39.6 Å². The molecule has 1 aliphatic heterocycles. The molecule has 6 aromatic carbocycles. The van der Waals surface area contributed by atoms with Crippen LogP contribution in [0.4, 0.5) is 11.4 Å². The maximum absolute atomic E-state index is 10.7. The Kier molecular flexibility index (Phi) is 5.76. The Morgan fingerprint density at radius 3 is 1.88 bits per heavy atom. The van der Waals surface area contributed by atoms with Gasteiger partial charge in [-0.1, -0.05) is 103 Å². The molecule has 3 heterocycles. The SMILES string of the molecule is N#Cc1cccc(-c2cccc(C#N)c2-n2c3ccccc3c3ccccc32)c1N1c2cc3oc4ccccc4c3cc2C2C=CC=CC21. The van der Waals surface area contributed by atoms with Crippen molar-refractivity contribution in [3.05, 3.63) is 162 Å². The minimum absolute atomic E-state index is 0.0538. The second kappa shape index (κ2) is 10.3. The predicted octanol–water partition coefficient (Wildman–Crippen LogP) is 10.8. The maximum atomic E-state index is 10.7. The van der Waals surface area contributed by atoms with Gasteiger partial charge in [-0.25, -0.2) is 0 Å². The summed E-state index contributed by atoms with van der Waals surface area (Å²) in [6, 6.07) is 46.0. The van der Waals surface area contributed by atoms with Crippen LogP contribution in [-0.4, -0.2) is 10.6 Å². The van der Waals surface area contributed by atoms with Gasteiger partial charge in [0.1, 0.15) is 23.3 Å². The highest BCUT2D eigenvalue weighted by molar-refractivity contribution is 6.11. The van der Waals surface area contributed by atoms with E-state index in [0.717, 1.165) is 71.9 Å². The lowest BCUT2D eigenvalue weighted by atomic mass is 9.90. The van der Waals surface area contributed by atoms with Gasteiger partial charge in [-0.3, -0.25) is 0 Å². The first-order valence-corrected chi connectivity index (χ1v) is 16.4. The zero-order chi connectivity index (χ0) is 32.6. The first-order valence-electron chi connectivity index (χ1n) is 16.4. The van der Waals surface area contributed by atoms with Gasteiger partial charge in [-0.15, -0.1) is 0 Å². The molecule has 0 fully saturated rings. The number of hydrogen-bond acceptors (Lipinski definition) is 4. The third kappa shape index (κ3) is 3.79. The number of furan rings is 1. The molecule has 0 radical (unpaired) electrons. The molecule has 5 heteroatoms. The summed E-state index contributed by atoms with van der Waals surface area (Å²) in [5, 5.41) is 25.7. The van der Waals surface area contributed by atoms with E-state index in [-0.39, 0.29) is 12.0 Å². The van der Waals surface area contributed by atoms with Crippen molar-refractivity contribution in [1.82, 2.24) is 4.57 Å². The van der Waals surface area contributed by atoms with Crippen LogP contribution in [0.2, 0.25) is 0 Å². The Labute approximate surface area is 282 Å². The summed E-state index contributed by atoms with van der Waals surface area (Å²) < 4.78 is 8.61. The predicted molar refractivity (Wildman–Crippen MR) is 196 cm³/mol. The molecule has 8 aromatic rings. The Bertz CT molecular complexity index is 2780. The van der Waals surface area contributed by atoms with Crippen LogP contribution < -0.4 is 4.90 Å². The molecule has 2 aliphatic rings. The molecule has 2 aromatic heterocycles. The van der Waals surface area contributed by atoms with E-state index in [1.807, 2.05) is 54.6 Å². The fourth-order valence-electron chi connectivity index (χ4n) is 8.18. The molecule has 1 aliphatic carbocycles. The Hall–Kier alpha value is -6.82. The van der Waals surface area contributed by atoms with E-state index in [4.69, 9.17) is 4.42 Å². The first-order chi connectivity index (χ1) is 24.2. The summed E-state index contributed by atoms with van der Waals surface area (Å²) in [5.41, 5.74) is 10.4. The number of hydrogen-bond donors (Lipinski definition) is 0. The van der Waals surface area contributed by atoms with Crippen LogP contribution in [0.25, 0.3) is 60.6 Å². The average molecular weight is 627 g/mol. The molecule has 5 nitrogen and oxygen atoms in total. The highest BCUT2D eigenvalue weighted by Crippen LogP contribution is 2.53. The fourth-order valence-corrected chi connectivity index (χ4v) is 8.18. The second-order valence-electron chi connectivity index (χ2n) is 12.7. The van der Waals surface area contributed by atoms with Gasteiger partial charge < -0.3 is 13.9 Å². The topological polar surface area (TPSA) is 68.9 Å².